The van der Waals surface area contributed by atoms with Crippen LogP contribution in [0.5, 0.6) is 5.75 Å². The normalized spacial score (nSPS) is 17.6. The summed E-state index contributed by atoms with van der Waals surface area (Å²) < 4.78 is 10.7. The summed E-state index contributed by atoms with van der Waals surface area (Å²) in [5.41, 5.74) is 2.18. The van der Waals surface area contributed by atoms with Crippen molar-refractivity contribution in [2.75, 3.05) is 33.4 Å². The average Bonchev–Trinajstić information content (AvgIpc) is 2.99. The van der Waals surface area contributed by atoms with Gasteiger partial charge in [-0.1, -0.05) is 6.07 Å². The van der Waals surface area contributed by atoms with Crippen LogP contribution in [0.2, 0.25) is 0 Å². The molecule has 0 bridgehead atoms. The smallest absolute Gasteiger partial charge is 0.317 e. The molecule has 1 heterocycles. The first-order valence-corrected chi connectivity index (χ1v) is 7.87. The topological polar surface area (TPSA) is 50.8 Å². The Labute approximate surface area is 132 Å². The van der Waals surface area contributed by atoms with E-state index in [4.69, 9.17) is 9.47 Å². The third kappa shape index (κ3) is 4.63. The van der Waals surface area contributed by atoms with E-state index in [-0.39, 0.29) is 6.03 Å². The molecule has 0 spiro atoms. The van der Waals surface area contributed by atoms with Crippen LogP contribution in [0.15, 0.2) is 18.2 Å². The molecular weight excluding hydrogens is 280 g/mol. The minimum absolute atomic E-state index is 0.000489. The van der Waals surface area contributed by atoms with Crippen LogP contribution in [-0.4, -0.2) is 44.3 Å². The molecule has 0 unspecified atom stereocenters. The van der Waals surface area contributed by atoms with Gasteiger partial charge in [0.15, 0.2) is 0 Å². The summed E-state index contributed by atoms with van der Waals surface area (Å²) in [5.74, 6) is 1.28. The molecule has 1 N–H and O–H groups in total. The van der Waals surface area contributed by atoms with E-state index in [2.05, 4.69) is 11.4 Å². The maximum absolute atomic E-state index is 12.2. The first-order valence-electron chi connectivity index (χ1n) is 7.87. The van der Waals surface area contributed by atoms with Crippen LogP contribution in [-0.2, 0) is 11.3 Å². The molecule has 1 aliphatic heterocycles. The van der Waals surface area contributed by atoms with Gasteiger partial charge < -0.3 is 19.7 Å². The minimum Gasteiger partial charge on any atom is -0.497 e. The monoisotopic (exact) mass is 306 g/mol. The van der Waals surface area contributed by atoms with Gasteiger partial charge in [0, 0.05) is 32.2 Å². The van der Waals surface area contributed by atoms with Crippen molar-refractivity contribution < 1.29 is 14.3 Å². The summed E-state index contributed by atoms with van der Waals surface area (Å²) in [6.07, 6.45) is 1.02. The number of likely N-dealkylation sites (tertiary alicyclic amines) is 1. The van der Waals surface area contributed by atoms with E-state index in [1.165, 1.54) is 0 Å². The summed E-state index contributed by atoms with van der Waals surface area (Å²) in [6.45, 7) is 7.60. The van der Waals surface area contributed by atoms with Crippen molar-refractivity contribution in [1.82, 2.24) is 10.2 Å². The summed E-state index contributed by atoms with van der Waals surface area (Å²) in [6, 6.07) is 5.99. The van der Waals surface area contributed by atoms with Crippen LogP contribution >= 0.6 is 0 Å². The number of rotatable bonds is 6. The van der Waals surface area contributed by atoms with Crippen molar-refractivity contribution in [1.29, 1.82) is 0 Å². The molecule has 2 rings (SSSR count). The van der Waals surface area contributed by atoms with Crippen molar-refractivity contribution in [2.45, 2.75) is 26.8 Å². The van der Waals surface area contributed by atoms with Crippen molar-refractivity contribution in [2.24, 2.45) is 5.92 Å². The van der Waals surface area contributed by atoms with Gasteiger partial charge in [0.2, 0.25) is 0 Å². The SMILES string of the molecule is CCOC[C@H]1CCN(C(=O)NCc2cc(C)cc(OC)c2)C1. The van der Waals surface area contributed by atoms with E-state index in [1.807, 2.05) is 30.9 Å². The Bertz CT molecular complexity index is 505. The van der Waals surface area contributed by atoms with Gasteiger partial charge in [0.1, 0.15) is 5.75 Å². The predicted octanol–water partition coefficient (Wildman–Crippen LogP) is 2.57. The number of carbonyl (C=O) groups excluding carboxylic acids is 1. The molecule has 0 saturated carbocycles. The second-order valence-corrected chi connectivity index (χ2v) is 5.78. The van der Waals surface area contributed by atoms with Crippen LogP contribution in [0.1, 0.15) is 24.5 Å². The van der Waals surface area contributed by atoms with Gasteiger partial charge in [-0.05, 0) is 43.5 Å². The fraction of sp³-hybridized carbons (Fsp3) is 0.588. The largest absolute Gasteiger partial charge is 0.497 e. The van der Waals surface area contributed by atoms with Gasteiger partial charge in [0.25, 0.3) is 0 Å². The van der Waals surface area contributed by atoms with Gasteiger partial charge >= 0.3 is 6.03 Å². The lowest BCUT2D eigenvalue weighted by atomic mass is 10.1. The second kappa shape index (κ2) is 8.03. The molecule has 5 heteroatoms. The number of hydrogen-bond donors (Lipinski definition) is 1. The maximum Gasteiger partial charge on any atom is 0.317 e. The highest BCUT2D eigenvalue weighted by atomic mass is 16.5. The number of methoxy groups -OCH3 is 1. The van der Waals surface area contributed by atoms with Crippen LogP contribution in [0.3, 0.4) is 0 Å². The lowest BCUT2D eigenvalue weighted by Gasteiger charge is -2.18. The molecule has 1 aromatic carbocycles. The molecule has 1 saturated heterocycles. The fourth-order valence-electron chi connectivity index (χ4n) is 2.77. The number of aryl methyl sites for hydroxylation is 1. The van der Waals surface area contributed by atoms with Crippen LogP contribution in [0.25, 0.3) is 0 Å². The van der Waals surface area contributed by atoms with Crippen LogP contribution in [0, 0.1) is 12.8 Å². The van der Waals surface area contributed by atoms with Gasteiger partial charge in [-0.2, -0.15) is 0 Å². The van der Waals surface area contributed by atoms with E-state index < -0.39 is 0 Å². The second-order valence-electron chi connectivity index (χ2n) is 5.78. The number of nitrogens with one attached hydrogen (secondary N) is 1. The first-order chi connectivity index (χ1) is 10.6. The van der Waals surface area contributed by atoms with E-state index >= 15 is 0 Å². The Morgan fingerprint density at radius 1 is 1.41 bits per heavy atom. The standard InChI is InChI=1S/C17H26N2O3/c1-4-22-12-14-5-6-19(11-14)17(20)18-10-15-7-13(2)8-16(9-15)21-3/h7-9,14H,4-6,10-12H2,1-3H3,(H,18,20)/t14-/m0/s1. The number of nitrogens with zero attached hydrogens (tertiary/aromatic N) is 1. The molecular formula is C17H26N2O3. The summed E-state index contributed by atoms with van der Waals surface area (Å²) >= 11 is 0. The van der Waals surface area contributed by atoms with Crippen molar-refractivity contribution in [3.8, 4) is 5.75 Å². The fourth-order valence-corrected chi connectivity index (χ4v) is 2.77. The van der Waals surface area contributed by atoms with Gasteiger partial charge in [-0.25, -0.2) is 4.79 Å². The Morgan fingerprint density at radius 2 is 2.23 bits per heavy atom. The van der Waals surface area contributed by atoms with Crippen molar-refractivity contribution in [3.63, 3.8) is 0 Å². The van der Waals surface area contributed by atoms with E-state index in [0.29, 0.717) is 12.5 Å². The molecule has 1 atom stereocenters. The molecule has 2 amide bonds. The molecule has 0 aliphatic carbocycles. The zero-order chi connectivity index (χ0) is 15.9. The quantitative estimate of drug-likeness (QED) is 0.879. The number of urea groups is 1. The highest BCUT2D eigenvalue weighted by Crippen LogP contribution is 2.18. The zero-order valence-electron chi connectivity index (χ0n) is 13.7. The van der Waals surface area contributed by atoms with Crippen molar-refractivity contribution in [3.05, 3.63) is 29.3 Å². The maximum atomic E-state index is 12.2. The Kier molecular flexibility index (Phi) is 6.07. The van der Waals surface area contributed by atoms with Crippen LogP contribution in [0.4, 0.5) is 4.79 Å². The van der Waals surface area contributed by atoms with E-state index in [1.54, 1.807) is 7.11 Å². The minimum atomic E-state index is -0.000489. The third-order valence-corrected chi connectivity index (χ3v) is 3.92. The van der Waals surface area contributed by atoms with E-state index in [0.717, 1.165) is 49.6 Å². The highest BCUT2D eigenvalue weighted by Gasteiger charge is 2.25. The average molecular weight is 306 g/mol. The number of hydrogen-bond acceptors (Lipinski definition) is 3. The molecule has 122 valence electrons. The molecule has 0 radical (unpaired) electrons. The number of benzene rings is 1. The van der Waals surface area contributed by atoms with Gasteiger partial charge in [-0.15, -0.1) is 0 Å². The summed E-state index contributed by atoms with van der Waals surface area (Å²) in [4.78, 5) is 14.1. The molecule has 0 aromatic heterocycles. The number of amides is 2. The van der Waals surface area contributed by atoms with Crippen LogP contribution < -0.4 is 10.1 Å². The zero-order valence-corrected chi connectivity index (χ0v) is 13.7. The van der Waals surface area contributed by atoms with Crippen molar-refractivity contribution >= 4 is 6.03 Å². The summed E-state index contributed by atoms with van der Waals surface area (Å²) in [7, 11) is 1.65. The lowest BCUT2D eigenvalue weighted by molar-refractivity contribution is 0.113. The molecule has 5 nitrogen and oxygen atoms in total. The first kappa shape index (κ1) is 16.6. The number of carbonyl (C=O) groups is 1. The molecule has 22 heavy (non-hydrogen) atoms. The van der Waals surface area contributed by atoms with Gasteiger partial charge in [0.05, 0.1) is 13.7 Å². The van der Waals surface area contributed by atoms with E-state index in [9.17, 15) is 4.79 Å². The lowest BCUT2D eigenvalue weighted by Crippen LogP contribution is -2.38. The van der Waals surface area contributed by atoms with Gasteiger partial charge in [-0.3, -0.25) is 0 Å². The Balaban J connectivity index is 1.82. The molecule has 1 aromatic rings. The predicted molar refractivity (Wildman–Crippen MR) is 86.1 cm³/mol. The Hall–Kier alpha value is -1.75. The molecule has 1 aliphatic rings. The number of ether oxygens (including phenoxy) is 2. The highest BCUT2D eigenvalue weighted by molar-refractivity contribution is 5.74. The molecule has 1 fully saturated rings. The summed E-state index contributed by atoms with van der Waals surface area (Å²) in [5, 5.41) is 2.99. The third-order valence-electron chi connectivity index (χ3n) is 3.92. The Morgan fingerprint density at radius 3 is 2.95 bits per heavy atom.